The molecule has 0 radical (unpaired) electrons. The van der Waals surface area contributed by atoms with E-state index in [9.17, 15) is 0 Å². The van der Waals surface area contributed by atoms with Crippen molar-refractivity contribution in [1.82, 2.24) is 9.88 Å². The quantitative estimate of drug-likeness (QED) is 0.780. The predicted molar refractivity (Wildman–Crippen MR) is 80.7 cm³/mol. The van der Waals surface area contributed by atoms with Crippen LogP contribution in [0, 0.1) is 0 Å². The van der Waals surface area contributed by atoms with E-state index in [0.29, 0.717) is 0 Å². The lowest BCUT2D eigenvalue weighted by molar-refractivity contribution is 0.311. The fraction of sp³-hybridized carbons (Fsp3) is 0.235. The van der Waals surface area contributed by atoms with Crippen LogP contribution in [-0.2, 0) is 6.54 Å². The summed E-state index contributed by atoms with van der Waals surface area (Å²) in [5.41, 5.74) is 2.56. The lowest BCUT2D eigenvalue weighted by Gasteiger charge is -2.18. The monoisotopic (exact) mass is 252 g/mol. The normalized spacial score (nSPS) is 11.3. The molecule has 1 aromatic heterocycles. The van der Waals surface area contributed by atoms with Crippen LogP contribution >= 0.6 is 0 Å². The van der Waals surface area contributed by atoms with Crippen LogP contribution in [0.4, 0.5) is 0 Å². The SMILES string of the molecule is CCN(CC=Cc1ccccc1)Cc1ccncc1. The van der Waals surface area contributed by atoms with E-state index in [4.69, 9.17) is 0 Å². The second kappa shape index (κ2) is 7.49. The highest BCUT2D eigenvalue weighted by atomic mass is 15.1. The molecular weight excluding hydrogens is 232 g/mol. The second-order valence-electron chi connectivity index (χ2n) is 4.50. The number of pyridine rings is 1. The molecular formula is C17H20N2. The van der Waals surface area contributed by atoms with E-state index in [-0.39, 0.29) is 0 Å². The first-order chi connectivity index (χ1) is 9.38. The average molecular weight is 252 g/mol. The Morgan fingerprint density at radius 2 is 1.79 bits per heavy atom. The van der Waals surface area contributed by atoms with Crippen molar-refractivity contribution < 1.29 is 0 Å². The summed E-state index contributed by atoms with van der Waals surface area (Å²) in [4.78, 5) is 6.45. The smallest absolute Gasteiger partial charge is 0.0271 e. The molecule has 19 heavy (non-hydrogen) atoms. The Labute approximate surface area is 115 Å². The molecule has 0 bridgehead atoms. The van der Waals surface area contributed by atoms with E-state index in [2.05, 4.69) is 65.4 Å². The molecule has 0 N–H and O–H groups in total. The van der Waals surface area contributed by atoms with E-state index in [1.165, 1.54) is 11.1 Å². The Morgan fingerprint density at radius 1 is 1.05 bits per heavy atom. The Bertz CT molecular complexity index is 491. The van der Waals surface area contributed by atoms with Crippen LogP contribution in [-0.4, -0.2) is 23.0 Å². The van der Waals surface area contributed by atoms with Gasteiger partial charge in [-0.05, 0) is 29.8 Å². The van der Waals surface area contributed by atoms with Crippen molar-refractivity contribution >= 4 is 6.08 Å². The van der Waals surface area contributed by atoms with Gasteiger partial charge < -0.3 is 0 Å². The summed E-state index contributed by atoms with van der Waals surface area (Å²) in [5, 5.41) is 0. The van der Waals surface area contributed by atoms with Gasteiger partial charge in [-0.1, -0.05) is 49.4 Å². The third kappa shape index (κ3) is 4.68. The van der Waals surface area contributed by atoms with Crippen LogP contribution in [0.15, 0.2) is 60.9 Å². The number of aromatic nitrogens is 1. The van der Waals surface area contributed by atoms with Gasteiger partial charge in [-0.15, -0.1) is 0 Å². The van der Waals surface area contributed by atoms with E-state index < -0.39 is 0 Å². The minimum Gasteiger partial charge on any atom is -0.296 e. The van der Waals surface area contributed by atoms with E-state index >= 15 is 0 Å². The second-order valence-corrected chi connectivity index (χ2v) is 4.50. The van der Waals surface area contributed by atoms with Crippen molar-refractivity contribution in [2.75, 3.05) is 13.1 Å². The summed E-state index contributed by atoms with van der Waals surface area (Å²) in [6.45, 7) is 5.17. The van der Waals surface area contributed by atoms with E-state index in [1.54, 1.807) is 0 Å². The van der Waals surface area contributed by atoms with E-state index in [1.807, 2.05) is 18.5 Å². The number of hydrogen-bond acceptors (Lipinski definition) is 2. The number of hydrogen-bond donors (Lipinski definition) is 0. The molecule has 0 saturated heterocycles. The van der Waals surface area contributed by atoms with Gasteiger partial charge >= 0.3 is 0 Å². The molecule has 1 aromatic carbocycles. The maximum Gasteiger partial charge on any atom is 0.0271 e. The third-order valence-corrected chi connectivity index (χ3v) is 3.08. The van der Waals surface area contributed by atoms with Crippen LogP contribution in [0.1, 0.15) is 18.1 Å². The van der Waals surface area contributed by atoms with E-state index in [0.717, 1.165) is 19.6 Å². The molecule has 0 fully saturated rings. The predicted octanol–water partition coefficient (Wildman–Crippen LogP) is 3.62. The topological polar surface area (TPSA) is 16.1 Å². The van der Waals surface area contributed by atoms with Gasteiger partial charge in [0.1, 0.15) is 0 Å². The molecule has 0 aliphatic rings. The van der Waals surface area contributed by atoms with Gasteiger partial charge in [0.15, 0.2) is 0 Å². The van der Waals surface area contributed by atoms with Gasteiger partial charge in [0.05, 0.1) is 0 Å². The first kappa shape index (κ1) is 13.5. The summed E-state index contributed by atoms with van der Waals surface area (Å²) in [6.07, 6.45) is 8.10. The molecule has 1 heterocycles. The summed E-state index contributed by atoms with van der Waals surface area (Å²) >= 11 is 0. The highest BCUT2D eigenvalue weighted by Gasteiger charge is 2.00. The molecule has 0 amide bonds. The molecule has 2 aromatic rings. The van der Waals surface area contributed by atoms with Crippen molar-refractivity contribution in [1.29, 1.82) is 0 Å². The Morgan fingerprint density at radius 3 is 2.47 bits per heavy atom. The molecule has 0 saturated carbocycles. The van der Waals surface area contributed by atoms with Crippen LogP contribution in [0.3, 0.4) is 0 Å². The zero-order valence-corrected chi connectivity index (χ0v) is 11.4. The minimum atomic E-state index is 0.966. The number of rotatable bonds is 6. The van der Waals surface area contributed by atoms with Crippen molar-refractivity contribution in [3.63, 3.8) is 0 Å². The molecule has 2 heteroatoms. The highest BCUT2D eigenvalue weighted by molar-refractivity contribution is 5.48. The summed E-state index contributed by atoms with van der Waals surface area (Å²) < 4.78 is 0. The maximum absolute atomic E-state index is 4.05. The Kier molecular flexibility index (Phi) is 5.32. The fourth-order valence-electron chi connectivity index (χ4n) is 1.95. The molecule has 98 valence electrons. The van der Waals surface area contributed by atoms with Crippen molar-refractivity contribution in [2.24, 2.45) is 0 Å². The molecule has 0 spiro atoms. The third-order valence-electron chi connectivity index (χ3n) is 3.08. The Hall–Kier alpha value is -1.93. The first-order valence-electron chi connectivity index (χ1n) is 6.71. The standard InChI is InChI=1S/C17H20N2/c1-2-19(15-17-10-12-18-13-11-17)14-6-9-16-7-4-3-5-8-16/h3-13H,2,14-15H2,1H3. The number of benzene rings is 1. The van der Waals surface area contributed by atoms with Crippen LogP contribution in [0.25, 0.3) is 6.08 Å². The van der Waals surface area contributed by atoms with Crippen molar-refractivity contribution in [3.05, 3.63) is 72.1 Å². The summed E-state index contributed by atoms with van der Waals surface area (Å²) in [6, 6.07) is 14.6. The van der Waals surface area contributed by atoms with Crippen LogP contribution < -0.4 is 0 Å². The molecule has 0 aliphatic carbocycles. The first-order valence-corrected chi connectivity index (χ1v) is 6.71. The van der Waals surface area contributed by atoms with Gasteiger partial charge in [-0.2, -0.15) is 0 Å². The van der Waals surface area contributed by atoms with Gasteiger partial charge in [0.25, 0.3) is 0 Å². The van der Waals surface area contributed by atoms with Crippen molar-refractivity contribution in [3.8, 4) is 0 Å². The average Bonchev–Trinajstić information content (AvgIpc) is 2.48. The van der Waals surface area contributed by atoms with Crippen molar-refractivity contribution in [2.45, 2.75) is 13.5 Å². The van der Waals surface area contributed by atoms with Crippen LogP contribution in [0.2, 0.25) is 0 Å². The van der Waals surface area contributed by atoms with Gasteiger partial charge in [-0.25, -0.2) is 0 Å². The van der Waals surface area contributed by atoms with Gasteiger partial charge in [0, 0.05) is 25.5 Å². The lowest BCUT2D eigenvalue weighted by Crippen LogP contribution is -2.22. The zero-order valence-electron chi connectivity index (χ0n) is 11.4. The molecule has 0 aliphatic heterocycles. The summed E-state index contributed by atoms with van der Waals surface area (Å²) in [7, 11) is 0. The molecule has 2 nitrogen and oxygen atoms in total. The zero-order chi connectivity index (χ0) is 13.3. The van der Waals surface area contributed by atoms with Crippen LogP contribution in [0.5, 0.6) is 0 Å². The van der Waals surface area contributed by atoms with Gasteiger partial charge in [0.2, 0.25) is 0 Å². The fourth-order valence-corrected chi connectivity index (χ4v) is 1.95. The summed E-state index contributed by atoms with van der Waals surface area (Å²) in [5.74, 6) is 0. The highest BCUT2D eigenvalue weighted by Crippen LogP contribution is 2.05. The minimum absolute atomic E-state index is 0.966. The molecule has 0 unspecified atom stereocenters. The lowest BCUT2D eigenvalue weighted by atomic mass is 10.2. The number of nitrogens with zero attached hydrogens (tertiary/aromatic N) is 2. The van der Waals surface area contributed by atoms with Gasteiger partial charge in [-0.3, -0.25) is 9.88 Å². The number of likely N-dealkylation sites (N-methyl/N-ethyl adjacent to an activating group) is 1. The maximum atomic E-state index is 4.05. The largest absolute Gasteiger partial charge is 0.296 e. The molecule has 2 rings (SSSR count). The Balaban J connectivity index is 1.88. The molecule has 0 atom stereocenters.